The molecule has 2 N–H and O–H groups in total. The summed E-state index contributed by atoms with van der Waals surface area (Å²) in [5.74, 6) is 0.650. The van der Waals surface area contributed by atoms with Crippen LogP contribution in [0.4, 0.5) is 0 Å². The van der Waals surface area contributed by atoms with Crippen LogP contribution in [0.3, 0.4) is 0 Å². The second-order valence-electron chi connectivity index (χ2n) is 4.97. The molecule has 1 aliphatic heterocycles. The molecular weight excluding hydrogens is 226 g/mol. The summed E-state index contributed by atoms with van der Waals surface area (Å²) < 4.78 is 0. The predicted molar refractivity (Wildman–Crippen MR) is 71.1 cm³/mol. The number of amides is 1. The van der Waals surface area contributed by atoms with Gasteiger partial charge in [0.15, 0.2) is 0 Å². The molecule has 4 nitrogen and oxygen atoms in total. The number of hydrogen-bond donors (Lipinski definition) is 2. The summed E-state index contributed by atoms with van der Waals surface area (Å²) in [5.41, 5.74) is 0.978. The minimum atomic E-state index is 0.138. The van der Waals surface area contributed by atoms with Gasteiger partial charge in [0.1, 0.15) is 0 Å². The smallest absolute Gasteiger partial charge is 0.220 e. The van der Waals surface area contributed by atoms with Crippen molar-refractivity contribution in [3.05, 3.63) is 30.1 Å². The minimum Gasteiger partial charge on any atom is -0.353 e. The molecule has 2 atom stereocenters. The summed E-state index contributed by atoms with van der Waals surface area (Å²) in [6.07, 6.45) is 4.03. The lowest BCUT2D eigenvalue weighted by atomic mass is 9.95. The summed E-state index contributed by atoms with van der Waals surface area (Å²) >= 11 is 0. The molecule has 2 unspecified atom stereocenters. The molecule has 2 heterocycles. The van der Waals surface area contributed by atoms with Gasteiger partial charge in [-0.3, -0.25) is 9.78 Å². The number of nitrogens with zero attached hydrogens (tertiary/aromatic N) is 1. The van der Waals surface area contributed by atoms with Crippen molar-refractivity contribution in [3.8, 4) is 0 Å². The van der Waals surface area contributed by atoms with E-state index in [0.29, 0.717) is 24.8 Å². The number of rotatable bonds is 4. The van der Waals surface area contributed by atoms with Crippen LogP contribution in [-0.2, 0) is 11.2 Å². The van der Waals surface area contributed by atoms with E-state index < -0.39 is 0 Å². The fourth-order valence-corrected chi connectivity index (χ4v) is 2.30. The van der Waals surface area contributed by atoms with Crippen molar-refractivity contribution in [2.45, 2.75) is 32.2 Å². The van der Waals surface area contributed by atoms with Crippen LogP contribution >= 0.6 is 0 Å². The Morgan fingerprint density at radius 2 is 2.44 bits per heavy atom. The molecular formula is C14H21N3O. The first kappa shape index (κ1) is 13.0. The van der Waals surface area contributed by atoms with Crippen molar-refractivity contribution >= 4 is 5.91 Å². The van der Waals surface area contributed by atoms with E-state index in [1.54, 1.807) is 6.20 Å². The number of carbonyl (C=O) groups excluding carboxylic acids is 1. The normalized spacial score (nSPS) is 23.6. The van der Waals surface area contributed by atoms with Gasteiger partial charge in [0.25, 0.3) is 0 Å². The molecule has 0 radical (unpaired) electrons. The number of aryl methyl sites for hydroxylation is 1. The molecule has 1 fully saturated rings. The lowest BCUT2D eigenvalue weighted by molar-refractivity contribution is -0.122. The van der Waals surface area contributed by atoms with Gasteiger partial charge in [0, 0.05) is 24.4 Å². The molecule has 2 rings (SSSR count). The maximum Gasteiger partial charge on any atom is 0.220 e. The van der Waals surface area contributed by atoms with Gasteiger partial charge in [-0.15, -0.1) is 0 Å². The number of nitrogens with one attached hydrogen (secondary N) is 2. The maximum absolute atomic E-state index is 11.9. The van der Waals surface area contributed by atoms with Crippen LogP contribution in [0.25, 0.3) is 0 Å². The maximum atomic E-state index is 11.9. The second-order valence-corrected chi connectivity index (χ2v) is 4.97. The molecule has 1 aromatic rings. The molecule has 0 aliphatic carbocycles. The van der Waals surface area contributed by atoms with Crippen molar-refractivity contribution in [1.29, 1.82) is 0 Å². The van der Waals surface area contributed by atoms with Crippen LogP contribution in [0, 0.1) is 5.92 Å². The third-order valence-electron chi connectivity index (χ3n) is 3.47. The molecule has 18 heavy (non-hydrogen) atoms. The van der Waals surface area contributed by atoms with Gasteiger partial charge >= 0.3 is 0 Å². The van der Waals surface area contributed by atoms with Crippen molar-refractivity contribution in [3.63, 3.8) is 0 Å². The lowest BCUT2D eigenvalue weighted by Gasteiger charge is -2.30. The van der Waals surface area contributed by atoms with Crippen LogP contribution in [0.5, 0.6) is 0 Å². The third kappa shape index (κ3) is 3.81. The van der Waals surface area contributed by atoms with E-state index in [2.05, 4.69) is 22.5 Å². The van der Waals surface area contributed by atoms with E-state index in [0.717, 1.165) is 25.2 Å². The van der Waals surface area contributed by atoms with Crippen LogP contribution in [0.15, 0.2) is 24.4 Å². The van der Waals surface area contributed by atoms with Gasteiger partial charge in [-0.05, 0) is 44.0 Å². The van der Waals surface area contributed by atoms with Gasteiger partial charge < -0.3 is 10.6 Å². The molecule has 1 aromatic heterocycles. The van der Waals surface area contributed by atoms with Gasteiger partial charge in [-0.2, -0.15) is 0 Å². The SMILES string of the molecule is CC1CNCCC1NC(=O)CCc1ccccn1. The summed E-state index contributed by atoms with van der Waals surface area (Å²) in [6, 6.07) is 6.12. The number of carbonyl (C=O) groups is 1. The topological polar surface area (TPSA) is 54.0 Å². The zero-order valence-corrected chi connectivity index (χ0v) is 10.9. The Hall–Kier alpha value is -1.42. The Morgan fingerprint density at radius 3 is 3.17 bits per heavy atom. The van der Waals surface area contributed by atoms with Crippen molar-refractivity contribution in [2.75, 3.05) is 13.1 Å². The van der Waals surface area contributed by atoms with Crippen LogP contribution < -0.4 is 10.6 Å². The minimum absolute atomic E-state index is 0.138. The molecule has 0 aromatic carbocycles. The fraction of sp³-hybridized carbons (Fsp3) is 0.571. The third-order valence-corrected chi connectivity index (χ3v) is 3.47. The van der Waals surface area contributed by atoms with E-state index in [1.165, 1.54) is 0 Å². The Balaban J connectivity index is 1.75. The van der Waals surface area contributed by atoms with E-state index in [-0.39, 0.29) is 5.91 Å². The number of aromatic nitrogens is 1. The quantitative estimate of drug-likeness (QED) is 0.838. The number of pyridine rings is 1. The van der Waals surface area contributed by atoms with E-state index in [4.69, 9.17) is 0 Å². The predicted octanol–water partition coefficient (Wildman–Crippen LogP) is 1.13. The highest BCUT2D eigenvalue weighted by Crippen LogP contribution is 2.10. The first-order valence-corrected chi connectivity index (χ1v) is 6.65. The van der Waals surface area contributed by atoms with E-state index in [9.17, 15) is 4.79 Å². The first-order valence-electron chi connectivity index (χ1n) is 6.65. The van der Waals surface area contributed by atoms with Gasteiger partial charge in [-0.25, -0.2) is 0 Å². The number of piperidine rings is 1. The summed E-state index contributed by atoms with van der Waals surface area (Å²) in [5, 5.41) is 6.47. The standard InChI is InChI=1S/C14H21N3O/c1-11-10-15-9-7-13(11)17-14(18)6-5-12-4-2-3-8-16-12/h2-4,8,11,13,15H,5-7,9-10H2,1H3,(H,17,18). The second kappa shape index (κ2) is 6.50. The molecule has 98 valence electrons. The molecule has 1 amide bonds. The van der Waals surface area contributed by atoms with Gasteiger partial charge in [0.05, 0.1) is 0 Å². The van der Waals surface area contributed by atoms with Crippen molar-refractivity contribution in [2.24, 2.45) is 5.92 Å². The average Bonchev–Trinajstić information content (AvgIpc) is 2.40. The van der Waals surface area contributed by atoms with Crippen LogP contribution in [0.2, 0.25) is 0 Å². The largest absolute Gasteiger partial charge is 0.353 e. The first-order chi connectivity index (χ1) is 8.75. The highest BCUT2D eigenvalue weighted by Gasteiger charge is 2.22. The Bertz CT molecular complexity index is 380. The molecule has 1 saturated heterocycles. The van der Waals surface area contributed by atoms with Crippen LogP contribution in [0.1, 0.15) is 25.5 Å². The van der Waals surface area contributed by atoms with Gasteiger partial charge in [-0.1, -0.05) is 13.0 Å². The molecule has 0 spiro atoms. The molecule has 0 bridgehead atoms. The van der Waals surface area contributed by atoms with Crippen LogP contribution in [-0.4, -0.2) is 30.0 Å². The number of hydrogen-bond acceptors (Lipinski definition) is 3. The highest BCUT2D eigenvalue weighted by atomic mass is 16.1. The Labute approximate surface area is 108 Å². The molecule has 0 saturated carbocycles. The monoisotopic (exact) mass is 247 g/mol. The van der Waals surface area contributed by atoms with Gasteiger partial charge in [0.2, 0.25) is 5.91 Å². The summed E-state index contributed by atoms with van der Waals surface area (Å²) in [7, 11) is 0. The Kier molecular flexibility index (Phi) is 4.70. The summed E-state index contributed by atoms with van der Waals surface area (Å²) in [4.78, 5) is 16.1. The Morgan fingerprint density at radius 1 is 1.56 bits per heavy atom. The fourth-order valence-electron chi connectivity index (χ4n) is 2.30. The van der Waals surface area contributed by atoms with E-state index in [1.807, 2.05) is 18.2 Å². The molecule has 1 aliphatic rings. The summed E-state index contributed by atoms with van der Waals surface area (Å²) in [6.45, 7) is 4.16. The average molecular weight is 247 g/mol. The van der Waals surface area contributed by atoms with Crippen molar-refractivity contribution < 1.29 is 4.79 Å². The lowest BCUT2D eigenvalue weighted by Crippen LogP contribution is -2.48. The zero-order valence-electron chi connectivity index (χ0n) is 10.9. The van der Waals surface area contributed by atoms with E-state index >= 15 is 0 Å². The van der Waals surface area contributed by atoms with Crippen molar-refractivity contribution in [1.82, 2.24) is 15.6 Å². The molecule has 4 heteroatoms. The zero-order chi connectivity index (χ0) is 12.8. The highest BCUT2D eigenvalue weighted by molar-refractivity contribution is 5.76.